The van der Waals surface area contributed by atoms with Crippen LogP contribution in [0.4, 0.5) is 0 Å². The van der Waals surface area contributed by atoms with Crippen LogP contribution in [0.25, 0.3) is 10.9 Å². The lowest BCUT2D eigenvalue weighted by Crippen LogP contribution is -2.53. The van der Waals surface area contributed by atoms with Gasteiger partial charge in [-0.3, -0.25) is 10.00 Å². The van der Waals surface area contributed by atoms with E-state index in [1.54, 1.807) is 0 Å². The summed E-state index contributed by atoms with van der Waals surface area (Å²) in [4.78, 5) is 2.61. The van der Waals surface area contributed by atoms with Crippen molar-refractivity contribution in [1.29, 1.82) is 0 Å². The second-order valence-electron chi connectivity index (χ2n) is 6.28. The maximum atomic E-state index is 5.32. The Labute approximate surface area is 119 Å². The van der Waals surface area contributed by atoms with E-state index in [4.69, 9.17) is 4.74 Å². The van der Waals surface area contributed by atoms with Crippen molar-refractivity contribution in [3.8, 4) is 0 Å². The Kier molecular flexibility index (Phi) is 3.00. The molecule has 0 spiro atoms. The van der Waals surface area contributed by atoms with Gasteiger partial charge in [-0.05, 0) is 36.4 Å². The van der Waals surface area contributed by atoms with Crippen molar-refractivity contribution in [2.24, 2.45) is 5.92 Å². The Hall–Kier alpha value is -1.39. The number of nitrogens with zero attached hydrogens (tertiary/aromatic N) is 2. The van der Waals surface area contributed by atoms with E-state index in [9.17, 15) is 0 Å². The van der Waals surface area contributed by atoms with Crippen molar-refractivity contribution >= 4 is 10.9 Å². The van der Waals surface area contributed by atoms with Gasteiger partial charge in [0.15, 0.2) is 0 Å². The van der Waals surface area contributed by atoms with Crippen molar-refractivity contribution in [2.75, 3.05) is 26.3 Å². The number of aromatic nitrogens is 2. The van der Waals surface area contributed by atoms with Crippen LogP contribution in [0.2, 0.25) is 0 Å². The summed E-state index contributed by atoms with van der Waals surface area (Å²) in [5.41, 5.74) is 2.61. The molecule has 0 bridgehead atoms. The van der Waals surface area contributed by atoms with E-state index in [1.807, 2.05) is 6.20 Å². The predicted octanol–water partition coefficient (Wildman–Crippen LogP) is 2.39. The van der Waals surface area contributed by atoms with Gasteiger partial charge in [-0.25, -0.2) is 0 Å². The van der Waals surface area contributed by atoms with Gasteiger partial charge in [0.05, 0.1) is 31.0 Å². The van der Waals surface area contributed by atoms with Gasteiger partial charge < -0.3 is 4.74 Å². The monoisotopic (exact) mass is 271 g/mol. The first kappa shape index (κ1) is 12.4. The molecule has 2 saturated heterocycles. The quantitative estimate of drug-likeness (QED) is 0.912. The molecule has 0 amide bonds. The van der Waals surface area contributed by atoms with Crippen LogP contribution in [0.5, 0.6) is 0 Å². The molecule has 4 heteroatoms. The van der Waals surface area contributed by atoms with E-state index in [0.717, 1.165) is 18.7 Å². The summed E-state index contributed by atoms with van der Waals surface area (Å²) in [5.74, 6) is 1.37. The van der Waals surface area contributed by atoms with E-state index in [1.165, 1.54) is 30.5 Å². The number of hydrogen-bond donors (Lipinski definition) is 1. The van der Waals surface area contributed by atoms with Crippen molar-refractivity contribution in [1.82, 2.24) is 15.1 Å². The summed E-state index contributed by atoms with van der Waals surface area (Å²) in [7, 11) is 0. The molecule has 0 radical (unpaired) electrons. The summed E-state index contributed by atoms with van der Waals surface area (Å²) >= 11 is 0. The van der Waals surface area contributed by atoms with Crippen LogP contribution in [-0.4, -0.2) is 47.4 Å². The van der Waals surface area contributed by atoms with Crippen molar-refractivity contribution in [3.63, 3.8) is 0 Å². The molecule has 2 atom stereocenters. The second kappa shape index (κ2) is 4.86. The highest BCUT2D eigenvalue weighted by Gasteiger charge is 2.33. The number of piperidine rings is 1. The van der Waals surface area contributed by atoms with Crippen molar-refractivity contribution in [2.45, 2.75) is 25.3 Å². The smallest absolute Gasteiger partial charge is 0.0653 e. The molecular weight excluding hydrogens is 250 g/mol. The molecule has 106 valence electrons. The van der Waals surface area contributed by atoms with Crippen molar-refractivity contribution < 1.29 is 4.74 Å². The number of rotatable bonds is 2. The van der Waals surface area contributed by atoms with Gasteiger partial charge in [0, 0.05) is 11.9 Å². The van der Waals surface area contributed by atoms with Gasteiger partial charge in [0.1, 0.15) is 0 Å². The van der Waals surface area contributed by atoms with Gasteiger partial charge in [0.2, 0.25) is 0 Å². The number of hydrogen-bond acceptors (Lipinski definition) is 3. The largest absolute Gasteiger partial charge is 0.378 e. The maximum Gasteiger partial charge on any atom is 0.0653 e. The fourth-order valence-corrected chi connectivity index (χ4v) is 3.62. The fraction of sp³-hybridized carbons (Fsp3) is 0.562. The topological polar surface area (TPSA) is 41.1 Å². The molecule has 2 aliphatic rings. The summed E-state index contributed by atoms with van der Waals surface area (Å²) in [6.07, 6.45) is 3.14. The van der Waals surface area contributed by atoms with Gasteiger partial charge in [-0.1, -0.05) is 19.1 Å². The fourth-order valence-electron chi connectivity index (χ4n) is 3.62. The molecule has 3 heterocycles. The number of aromatic amines is 1. The lowest BCUT2D eigenvalue weighted by molar-refractivity contribution is -0.0773. The van der Waals surface area contributed by atoms with Gasteiger partial charge in [0.25, 0.3) is 0 Å². The highest BCUT2D eigenvalue weighted by molar-refractivity contribution is 5.78. The predicted molar refractivity (Wildman–Crippen MR) is 78.8 cm³/mol. The zero-order chi connectivity index (χ0) is 13.5. The lowest BCUT2D eigenvalue weighted by atomic mass is 9.81. The third-order valence-electron chi connectivity index (χ3n) is 4.97. The molecular formula is C16H21N3O. The van der Waals surface area contributed by atoms with Crippen LogP contribution < -0.4 is 0 Å². The standard InChI is InChI=1S/C16H21N3O/c1-11-8-19(14-9-20-10-14)5-4-15(11)12-2-3-13-7-17-18-16(13)6-12/h2-3,6-7,11,14-15H,4-5,8-10H2,1H3,(H,17,18)/t11-,15?/m1/s1. The average Bonchev–Trinajstić information content (AvgIpc) is 2.84. The first-order valence-corrected chi connectivity index (χ1v) is 7.56. The number of nitrogens with one attached hydrogen (secondary N) is 1. The Morgan fingerprint density at radius 1 is 1.35 bits per heavy atom. The number of likely N-dealkylation sites (tertiary alicyclic amines) is 1. The molecule has 0 aliphatic carbocycles. The molecule has 4 nitrogen and oxygen atoms in total. The van der Waals surface area contributed by atoms with Crippen molar-refractivity contribution in [3.05, 3.63) is 30.0 Å². The van der Waals surface area contributed by atoms with Crippen LogP contribution in [0.1, 0.15) is 24.8 Å². The Balaban J connectivity index is 1.53. The van der Waals surface area contributed by atoms with Crippen LogP contribution in [0.3, 0.4) is 0 Å². The van der Waals surface area contributed by atoms with E-state index >= 15 is 0 Å². The third kappa shape index (κ3) is 2.03. The van der Waals surface area contributed by atoms with E-state index < -0.39 is 0 Å². The first-order valence-electron chi connectivity index (χ1n) is 7.56. The molecule has 2 aromatic rings. The normalized spacial score (nSPS) is 28.6. The van der Waals surface area contributed by atoms with Gasteiger partial charge in [-0.15, -0.1) is 0 Å². The minimum absolute atomic E-state index is 0.667. The summed E-state index contributed by atoms with van der Waals surface area (Å²) in [6, 6.07) is 7.42. The molecule has 4 rings (SSSR count). The number of ether oxygens (including phenoxy) is 1. The minimum atomic E-state index is 0.667. The van der Waals surface area contributed by atoms with E-state index in [2.05, 4.69) is 40.2 Å². The van der Waals surface area contributed by atoms with Crippen LogP contribution in [0.15, 0.2) is 24.4 Å². The van der Waals surface area contributed by atoms with Gasteiger partial charge >= 0.3 is 0 Å². The highest BCUT2D eigenvalue weighted by atomic mass is 16.5. The maximum absolute atomic E-state index is 5.32. The molecule has 1 unspecified atom stereocenters. The van der Waals surface area contributed by atoms with E-state index in [-0.39, 0.29) is 0 Å². The molecule has 1 aromatic heterocycles. The second-order valence-corrected chi connectivity index (χ2v) is 6.28. The summed E-state index contributed by atoms with van der Waals surface area (Å²) in [5, 5.41) is 8.40. The summed E-state index contributed by atoms with van der Waals surface area (Å²) in [6.45, 7) is 6.63. The van der Waals surface area contributed by atoms with Crippen LogP contribution in [0, 0.1) is 5.92 Å². The Morgan fingerprint density at radius 2 is 2.25 bits per heavy atom. The third-order valence-corrected chi connectivity index (χ3v) is 4.97. The molecule has 2 aliphatic heterocycles. The molecule has 1 aromatic carbocycles. The molecule has 1 N–H and O–H groups in total. The molecule has 20 heavy (non-hydrogen) atoms. The number of H-pyrrole nitrogens is 1. The van der Waals surface area contributed by atoms with E-state index in [0.29, 0.717) is 17.9 Å². The molecule has 2 fully saturated rings. The Morgan fingerprint density at radius 3 is 3.00 bits per heavy atom. The minimum Gasteiger partial charge on any atom is -0.378 e. The average molecular weight is 271 g/mol. The number of benzene rings is 1. The lowest BCUT2D eigenvalue weighted by Gasteiger charge is -2.44. The molecule has 0 saturated carbocycles. The summed E-state index contributed by atoms with van der Waals surface area (Å²) < 4.78 is 5.32. The zero-order valence-electron chi connectivity index (χ0n) is 11.9. The van der Waals surface area contributed by atoms with Crippen LogP contribution >= 0.6 is 0 Å². The van der Waals surface area contributed by atoms with Crippen LogP contribution in [-0.2, 0) is 4.74 Å². The first-order chi connectivity index (χ1) is 9.81. The van der Waals surface area contributed by atoms with Gasteiger partial charge in [-0.2, -0.15) is 5.10 Å². The zero-order valence-corrected chi connectivity index (χ0v) is 11.9. The number of fused-ring (bicyclic) bond motifs is 1. The SMILES string of the molecule is C[C@@H]1CN(C2COC2)CCC1c1ccc2cn[nH]c2c1. The highest BCUT2D eigenvalue weighted by Crippen LogP contribution is 2.35. The Bertz CT molecular complexity index is 605.